The lowest BCUT2D eigenvalue weighted by Gasteiger charge is -2.15. The van der Waals surface area contributed by atoms with E-state index in [0.717, 1.165) is 0 Å². The Morgan fingerprint density at radius 1 is 1.05 bits per heavy atom. The van der Waals surface area contributed by atoms with Crippen LogP contribution in [0.5, 0.6) is 0 Å². The van der Waals surface area contributed by atoms with E-state index in [-0.39, 0.29) is 16.8 Å². The van der Waals surface area contributed by atoms with Crippen molar-refractivity contribution in [3.8, 4) is 0 Å². The number of hydrogen-bond donors (Lipinski definition) is 3. The van der Waals surface area contributed by atoms with Gasteiger partial charge in [-0.2, -0.15) is 5.23 Å². The van der Waals surface area contributed by atoms with Gasteiger partial charge < -0.3 is 10.3 Å². The molecule has 2 rings (SSSR count). The second-order valence-corrected chi connectivity index (χ2v) is 4.12. The average molecular weight is 271 g/mol. The Kier molecular flexibility index (Phi) is 4.27. The molecule has 2 aromatic carbocycles. The van der Waals surface area contributed by atoms with Crippen molar-refractivity contribution in [2.75, 3.05) is 0 Å². The highest BCUT2D eigenvalue weighted by Crippen LogP contribution is 2.23. The maximum Gasteiger partial charge on any atom is 0.336 e. The number of carboxylic acid groups (broad SMARTS) is 1. The predicted octanol–water partition coefficient (Wildman–Crippen LogP) is 1.72. The first-order chi connectivity index (χ1) is 9.59. The molecule has 0 aliphatic carbocycles. The maximum absolute atomic E-state index is 11.4. The first kappa shape index (κ1) is 14.0. The third-order valence-electron chi connectivity index (χ3n) is 2.79. The molecule has 3 N–H and O–H groups in total. The lowest BCUT2D eigenvalue weighted by atomic mass is 10.0. The van der Waals surface area contributed by atoms with E-state index in [1.54, 1.807) is 36.4 Å². The minimum absolute atomic E-state index is 0.0305. The fourth-order valence-corrected chi connectivity index (χ4v) is 1.88. The number of aliphatic carboxylic acids is 1. The number of carbonyl (C=O) groups is 1. The van der Waals surface area contributed by atoms with E-state index < -0.39 is 11.2 Å². The fraction of sp³-hybridized carbons (Fsp3) is 0. The normalized spacial score (nSPS) is 13.0. The summed E-state index contributed by atoms with van der Waals surface area (Å²) in [6.45, 7) is 0. The monoisotopic (exact) mass is 271 g/mol. The fourth-order valence-electron chi connectivity index (χ4n) is 1.88. The van der Waals surface area contributed by atoms with Gasteiger partial charge in [-0.15, -0.1) is 0 Å². The van der Waals surface area contributed by atoms with Gasteiger partial charge in [0.2, 0.25) is 0 Å². The van der Waals surface area contributed by atoms with Crippen molar-refractivity contribution in [2.45, 2.75) is 0 Å². The number of nitrogens with one attached hydrogen (secondary N) is 1. The van der Waals surface area contributed by atoms with Crippen LogP contribution in [0.3, 0.4) is 0 Å². The molecule has 0 saturated heterocycles. The molecular weight excluding hydrogens is 258 g/mol. The first-order valence-electron chi connectivity index (χ1n) is 5.92. The van der Waals surface area contributed by atoms with Gasteiger partial charge in [0, 0.05) is 6.07 Å². The topological polar surface area (TPSA) is 85.0 Å². The van der Waals surface area contributed by atoms with Gasteiger partial charge in [-0.1, -0.05) is 42.5 Å². The van der Waals surface area contributed by atoms with Gasteiger partial charge in [-0.3, -0.25) is 0 Å². The highest BCUT2D eigenvalue weighted by Gasteiger charge is 2.18. The molecule has 1 unspecified atom stereocenters. The Bertz CT molecular complexity index is 635. The molecule has 102 valence electrons. The molecule has 20 heavy (non-hydrogen) atoms. The summed E-state index contributed by atoms with van der Waals surface area (Å²) in [7, 11) is 0. The summed E-state index contributed by atoms with van der Waals surface area (Å²) in [5.41, 5.74) is 0.813. The van der Waals surface area contributed by atoms with Crippen LogP contribution < -0.4 is 5.23 Å². The van der Waals surface area contributed by atoms with Crippen molar-refractivity contribution in [2.24, 2.45) is 0 Å². The molecule has 1 atom stereocenters. The summed E-state index contributed by atoms with van der Waals surface area (Å²) in [6.07, 6.45) is 1.46. The molecule has 0 saturated carbocycles. The maximum atomic E-state index is 11.4. The van der Waals surface area contributed by atoms with Crippen LogP contribution in [0.2, 0.25) is 0 Å². The van der Waals surface area contributed by atoms with Gasteiger partial charge in [0.05, 0.1) is 11.1 Å². The third kappa shape index (κ3) is 3.10. The zero-order valence-electron chi connectivity index (χ0n) is 10.5. The molecule has 0 radical (unpaired) electrons. The predicted molar refractivity (Wildman–Crippen MR) is 74.2 cm³/mol. The van der Waals surface area contributed by atoms with Crippen molar-refractivity contribution in [3.63, 3.8) is 0 Å². The number of hydrogen-bond acceptors (Lipinski definition) is 3. The van der Waals surface area contributed by atoms with Crippen molar-refractivity contribution in [1.29, 1.82) is 0 Å². The minimum atomic E-state index is -1.16. The zero-order chi connectivity index (χ0) is 14.5. The van der Waals surface area contributed by atoms with E-state index in [9.17, 15) is 15.1 Å². The highest BCUT2D eigenvalue weighted by molar-refractivity contribution is 6.21. The van der Waals surface area contributed by atoms with Crippen LogP contribution in [0.25, 0.3) is 11.6 Å². The number of carboxylic acids is 1. The highest BCUT2D eigenvalue weighted by atomic mass is 16.8. The van der Waals surface area contributed by atoms with Crippen LogP contribution in [0.4, 0.5) is 5.69 Å². The van der Waals surface area contributed by atoms with Crippen LogP contribution in [0.1, 0.15) is 11.1 Å². The Morgan fingerprint density at radius 2 is 1.65 bits per heavy atom. The molecule has 5 heteroatoms. The lowest BCUT2D eigenvalue weighted by molar-refractivity contribution is -0.991. The summed E-state index contributed by atoms with van der Waals surface area (Å²) in [5.74, 6) is -1.16. The quantitative estimate of drug-likeness (QED) is 0.449. The molecule has 5 nitrogen and oxygen atoms in total. The molecule has 0 amide bonds. The van der Waals surface area contributed by atoms with E-state index >= 15 is 0 Å². The molecule has 0 aromatic heterocycles. The van der Waals surface area contributed by atoms with Crippen molar-refractivity contribution in [3.05, 3.63) is 70.9 Å². The molecule has 2 aromatic rings. The van der Waals surface area contributed by atoms with E-state index in [1.807, 2.05) is 6.07 Å². The van der Waals surface area contributed by atoms with Crippen LogP contribution >= 0.6 is 0 Å². The number of benzene rings is 2. The minimum Gasteiger partial charge on any atom is -0.595 e. The lowest BCUT2D eigenvalue weighted by Crippen LogP contribution is -2.99. The van der Waals surface area contributed by atoms with Gasteiger partial charge in [0.25, 0.3) is 0 Å². The molecule has 0 aliphatic rings. The second kappa shape index (κ2) is 6.12. The summed E-state index contributed by atoms with van der Waals surface area (Å²) < 4.78 is 0. The molecular formula is C15H13NO4. The van der Waals surface area contributed by atoms with Gasteiger partial charge >= 0.3 is 5.97 Å². The smallest absolute Gasteiger partial charge is 0.336 e. The van der Waals surface area contributed by atoms with E-state index in [1.165, 1.54) is 18.2 Å². The molecule has 0 aliphatic heterocycles. The Morgan fingerprint density at radius 3 is 2.25 bits per heavy atom. The van der Waals surface area contributed by atoms with Crippen molar-refractivity contribution in [1.82, 2.24) is 0 Å². The van der Waals surface area contributed by atoms with Gasteiger partial charge in [0.15, 0.2) is 5.69 Å². The first-order valence-corrected chi connectivity index (χ1v) is 5.92. The number of rotatable bonds is 4. The average Bonchev–Trinajstić information content (AvgIpc) is 2.45. The van der Waals surface area contributed by atoms with Crippen LogP contribution in [0, 0.1) is 5.21 Å². The van der Waals surface area contributed by atoms with Gasteiger partial charge in [0.1, 0.15) is 0 Å². The zero-order valence-corrected chi connectivity index (χ0v) is 10.5. The van der Waals surface area contributed by atoms with Crippen LogP contribution in [0.15, 0.2) is 54.6 Å². The summed E-state index contributed by atoms with van der Waals surface area (Å²) in [6, 6.07) is 15.0. The van der Waals surface area contributed by atoms with E-state index in [0.29, 0.717) is 5.56 Å². The molecule has 0 bridgehead atoms. The number of quaternary nitrogens is 1. The Balaban J connectivity index is 2.56. The largest absolute Gasteiger partial charge is 0.595 e. The summed E-state index contributed by atoms with van der Waals surface area (Å²) in [5, 5.41) is 28.5. The Labute approximate surface area is 115 Å². The van der Waals surface area contributed by atoms with Crippen molar-refractivity contribution >= 4 is 23.3 Å². The van der Waals surface area contributed by atoms with Crippen molar-refractivity contribution < 1.29 is 20.3 Å². The van der Waals surface area contributed by atoms with Gasteiger partial charge in [-0.25, -0.2) is 10.0 Å². The second-order valence-electron chi connectivity index (χ2n) is 4.12. The molecule has 0 heterocycles. The molecule has 0 fully saturated rings. The SMILES string of the molecule is O=C(O)C(=Cc1ccccc1)c1ccccc1[NH+]([O-])O. The van der Waals surface area contributed by atoms with E-state index in [4.69, 9.17) is 5.21 Å². The van der Waals surface area contributed by atoms with Crippen LogP contribution in [-0.2, 0) is 4.79 Å². The number of para-hydroxylation sites is 1. The standard InChI is InChI=1S/C15H13NO4/c17-15(18)13(10-11-6-2-1-3-7-11)12-8-4-5-9-14(12)16(19)20/h1-10,16,19H,(H,17,18). The summed E-state index contributed by atoms with van der Waals surface area (Å²) >= 11 is 0. The Hall–Kier alpha value is -2.47. The molecule has 0 spiro atoms. The summed E-state index contributed by atoms with van der Waals surface area (Å²) in [4.78, 5) is 11.4. The van der Waals surface area contributed by atoms with E-state index in [2.05, 4.69) is 0 Å². The third-order valence-corrected chi connectivity index (χ3v) is 2.79. The van der Waals surface area contributed by atoms with Crippen LogP contribution in [-0.4, -0.2) is 16.3 Å². The van der Waals surface area contributed by atoms with Gasteiger partial charge in [-0.05, 0) is 17.7 Å².